The van der Waals surface area contributed by atoms with Crippen molar-refractivity contribution < 1.29 is 4.92 Å². The van der Waals surface area contributed by atoms with E-state index in [2.05, 4.69) is 20.3 Å². The minimum Gasteiger partial charge on any atom is -0.361 e. The summed E-state index contributed by atoms with van der Waals surface area (Å²) in [6.45, 7) is 0.401. The second-order valence-electron chi connectivity index (χ2n) is 7.74. The Kier molecular flexibility index (Phi) is 6.66. The maximum atomic E-state index is 12.2. The van der Waals surface area contributed by atoms with Gasteiger partial charge in [-0.25, -0.2) is 15.0 Å². The molecule has 4 rings (SSSR count). The first kappa shape index (κ1) is 20.7. The number of nitro groups is 1. The second kappa shape index (κ2) is 9.97. The van der Waals surface area contributed by atoms with E-state index in [1.807, 2.05) is 48.5 Å². The molecule has 2 aromatic heterocycles. The van der Waals surface area contributed by atoms with Gasteiger partial charge < -0.3 is 10.2 Å². The summed E-state index contributed by atoms with van der Waals surface area (Å²) in [4.78, 5) is 26.6. The average Bonchev–Trinajstić information content (AvgIpc) is 3.07. The first-order valence-electron chi connectivity index (χ1n) is 10.7. The smallest absolute Gasteiger partial charge is 0.353 e. The Morgan fingerprint density at radius 3 is 2.39 bits per heavy atom. The Balaban J connectivity index is 1.74. The van der Waals surface area contributed by atoms with Crippen molar-refractivity contribution in [3.05, 3.63) is 76.7 Å². The topological polar surface area (TPSA) is 97.1 Å². The molecule has 0 spiro atoms. The molecule has 0 unspecified atom stereocenters. The third kappa shape index (κ3) is 5.14. The van der Waals surface area contributed by atoms with Crippen molar-refractivity contribution in [2.75, 3.05) is 10.2 Å². The van der Waals surface area contributed by atoms with Gasteiger partial charge in [0.05, 0.1) is 11.5 Å². The molecule has 1 aliphatic carbocycles. The van der Waals surface area contributed by atoms with Crippen molar-refractivity contribution in [2.45, 2.75) is 51.1 Å². The highest BCUT2D eigenvalue weighted by Gasteiger charge is 2.30. The monoisotopic (exact) mass is 418 g/mol. The van der Waals surface area contributed by atoms with Crippen LogP contribution in [0, 0.1) is 10.1 Å². The van der Waals surface area contributed by atoms with Crippen LogP contribution < -0.4 is 10.2 Å². The van der Waals surface area contributed by atoms with Gasteiger partial charge in [0, 0.05) is 12.2 Å². The van der Waals surface area contributed by atoms with Crippen LogP contribution in [0.15, 0.2) is 61.1 Å². The van der Waals surface area contributed by atoms with Crippen LogP contribution in [0.5, 0.6) is 0 Å². The Bertz CT molecular complexity index is 991. The maximum absolute atomic E-state index is 12.2. The largest absolute Gasteiger partial charge is 0.361 e. The predicted molar refractivity (Wildman–Crippen MR) is 120 cm³/mol. The molecule has 1 fully saturated rings. The van der Waals surface area contributed by atoms with Gasteiger partial charge in [-0.1, -0.05) is 62.1 Å². The number of pyridine rings is 1. The number of nitrogens with zero attached hydrogens (tertiary/aromatic N) is 5. The Labute approximate surface area is 181 Å². The quantitative estimate of drug-likeness (QED) is 0.318. The van der Waals surface area contributed by atoms with Crippen molar-refractivity contribution in [1.29, 1.82) is 0 Å². The minimum atomic E-state index is -0.394. The van der Waals surface area contributed by atoms with Gasteiger partial charge in [0.15, 0.2) is 0 Å². The highest BCUT2D eigenvalue weighted by Crippen LogP contribution is 2.37. The lowest BCUT2D eigenvalue weighted by atomic mass is 10.1. The summed E-state index contributed by atoms with van der Waals surface area (Å²) in [7, 11) is 0. The fraction of sp³-hybridized carbons (Fsp3) is 0.348. The van der Waals surface area contributed by atoms with Crippen molar-refractivity contribution in [3.63, 3.8) is 0 Å². The highest BCUT2D eigenvalue weighted by atomic mass is 16.6. The number of anilines is 3. The van der Waals surface area contributed by atoms with Gasteiger partial charge in [0.25, 0.3) is 0 Å². The van der Waals surface area contributed by atoms with Gasteiger partial charge in [-0.05, 0) is 30.5 Å². The zero-order chi connectivity index (χ0) is 21.5. The molecule has 0 radical (unpaired) electrons. The van der Waals surface area contributed by atoms with Crippen LogP contribution in [0.4, 0.5) is 23.1 Å². The summed E-state index contributed by atoms with van der Waals surface area (Å²) in [5.41, 5.74) is 0.882. The van der Waals surface area contributed by atoms with Gasteiger partial charge >= 0.3 is 5.69 Å². The van der Waals surface area contributed by atoms with Crippen LogP contribution in [0.3, 0.4) is 0 Å². The van der Waals surface area contributed by atoms with E-state index in [9.17, 15) is 10.1 Å². The van der Waals surface area contributed by atoms with Gasteiger partial charge in [-0.2, -0.15) is 0 Å². The van der Waals surface area contributed by atoms with Crippen LogP contribution in [0.25, 0.3) is 0 Å². The van der Waals surface area contributed by atoms with Gasteiger partial charge in [0.2, 0.25) is 11.6 Å². The lowest BCUT2D eigenvalue weighted by Crippen LogP contribution is -2.23. The molecule has 0 amide bonds. The molecule has 0 saturated heterocycles. The summed E-state index contributed by atoms with van der Waals surface area (Å²) in [6, 6.07) is 15.5. The Hall–Kier alpha value is -3.55. The number of rotatable bonds is 7. The fourth-order valence-electron chi connectivity index (χ4n) is 4.00. The number of nitrogens with one attached hydrogen (secondary N) is 1. The molecule has 1 aromatic carbocycles. The molecule has 8 heteroatoms. The zero-order valence-electron chi connectivity index (χ0n) is 17.4. The molecule has 31 heavy (non-hydrogen) atoms. The minimum absolute atomic E-state index is 0.117. The molecule has 0 aliphatic heterocycles. The Morgan fingerprint density at radius 1 is 0.968 bits per heavy atom. The molecule has 0 atom stereocenters. The van der Waals surface area contributed by atoms with Crippen molar-refractivity contribution in [1.82, 2.24) is 15.0 Å². The molecule has 1 saturated carbocycles. The summed E-state index contributed by atoms with van der Waals surface area (Å²) in [6.07, 6.45) is 9.71. The van der Waals surface area contributed by atoms with Crippen LogP contribution in [0.2, 0.25) is 0 Å². The fourth-order valence-corrected chi connectivity index (χ4v) is 4.00. The second-order valence-corrected chi connectivity index (χ2v) is 7.74. The SMILES string of the molecule is O=[N+]([O-])c1c(NC2CCCCCC2)ncnc1N(Cc1ccccc1)c1ccccn1. The summed E-state index contributed by atoms with van der Waals surface area (Å²) in [5.74, 6) is 1.10. The molecule has 1 N–H and O–H groups in total. The standard InChI is InChI=1S/C23H26N6O2/c30-29(31)21-22(27-19-12-6-1-2-7-13-19)25-17-26-23(21)28(20-14-8-9-15-24-20)16-18-10-4-3-5-11-18/h3-5,8-11,14-15,17,19H,1-2,6-7,12-13,16H2,(H,25,26,27). The summed E-state index contributed by atoms with van der Waals surface area (Å²) in [5, 5.41) is 15.5. The van der Waals surface area contributed by atoms with E-state index in [1.54, 1.807) is 11.1 Å². The maximum Gasteiger partial charge on any atom is 0.353 e. The summed E-state index contributed by atoms with van der Waals surface area (Å²) < 4.78 is 0. The average molecular weight is 419 g/mol. The zero-order valence-corrected chi connectivity index (χ0v) is 17.4. The molecule has 2 heterocycles. The van der Waals surface area contributed by atoms with Crippen LogP contribution in [-0.4, -0.2) is 25.9 Å². The van der Waals surface area contributed by atoms with Crippen molar-refractivity contribution in [2.24, 2.45) is 0 Å². The molecule has 160 valence electrons. The first-order valence-corrected chi connectivity index (χ1v) is 10.7. The van der Waals surface area contributed by atoms with Crippen LogP contribution in [-0.2, 0) is 6.54 Å². The van der Waals surface area contributed by atoms with E-state index in [-0.39, 0.29) is 23.4 Å². The number of aromatic nitrogens is 3. The van der Waals surface area contributed by atoms with Crippen molar-refractivity contribution in [3.8, 4) is 0 Å². The van der Waals surface area contributed by atoms with E-state index in [1.165, 1.54) is 19.2 Å². The molecule has 0 bridgehead atoms. The molecule has 1 aliphatic rings. The molecule has 3 aromatic rings. The van der Waals surface area contributed by atoms with Crippen LogP contribution in [0.1, 0.15) is 44.1 Å². The van der Waals surface area contributed by atoms with E-state index >= 15 is 0 Å². The van der Waals surface area contributed by atoms with E-state index in [0.29, 0.717) is 12.4 Å². The third-order valence-corrected chi connectivity index (χ3v) is 5.55. The van der Waals surface area contributed by atoms with Gasteiger partial charge in [0.1, 0.15) is 12.1 Å². The summed E-state index contributed by atoms with van der Waals surface area (Å²) >= 11 is 0. The first-order chi connectivity index (χ1) is 15.2. The number of hydrogen-bond acceptors (Lipinski definition) is 7. The predicted octanol–water partition coefficient (Wildman–Crippen LogP) is 5.25. The number of benzene rings is 1. The highest BCUT2D eigenvalue weighted by molar-refractivity contribution is 5.74. The molecule has 8 nitrogen and oxygen atoms in total. The Morgan fingerprint density at radius 2 is 1.71 bits per heavy atom. The van der Waals surface area contributed by atoms with Gasteiger partial charge in [-0.15, -0.1) is 0 Å². The van der Waals surface area contributed by atoms with E-state index in [4.69, 9.17) is 0 Å². The third-order valence-electron chi connectivity index (χ3n) is 5.55. The van der Waals surface area contributed by atoms with Gasteiger partial charge in [-0.3, -0.25) is 10.1 Å². The van der Waals surface area contributed by atoms with Crippen LogP contribution >= 0.6 is 0 Å². The van der Waals surface area contributed by atoms with Crippen molar-refractivity contribution >= 4 is 23.1 Å². The molecular weight excluding hydrogens is 392 g/mol. The van der Waals surface area contributed by atoms with E-state index in [0.717, 1.165) is 31.2 Å². The van der Waals surface area contributed by atoms with E-state index < -0.39 is 4.92 Å². The number of hydrogen-bond donors (Lipinski definition) is 1. The molecular formula is C23H26N6O2. The normalized spacial score (nSPS) is 14.6. The lowest BCUT2D eigenvalue weighted by Gasteiger charge is -2.24. The lowest BCUT2D eigenvalue weighted by molar-refractivity contribution is -0.383.